The molecule has 1 aromatic rings. The predicted octanol–water partition coefficient (Wildman–Crippen LogP) is 1.98. The minimum Gasteiger partial charge on any atom is -0.493 e. The predicted molar refractivity (Wildman–Crippen MR) is 74.4 cm³/mol. The van der Waals surface area contributed by atoms with Crippen molar-refractivity contribution in [3.05, 3.63) is 18.0 Å². The van der Waals surface area contributed by atoms with Gasteiger partial charge in [-0.3, -0.25) is 4.98 Å². The van der Waals surface area contributed by atoms with Crippen LogP contribution in [0.1, 0.15) is 25.0 Å². The van der Waals surface area contributed by atoms with Crippen LogP contribution in [0.3, 0.4) is 0 Å². The third kappa shape index (κ3) is 3.13. The number of piperidine rings is 1. The number of hydrogen-bond acceptors (Lipinski definition) is 4. The molecular weight excluding hydrogens is 226 g/mol. The zero-order valence-corrected chi connectivity index (χ0v) is 11.6. The smallest absolute Gasteiger partial charge is 0.160 e. The Hall–Kier alpha value is -1.29. The first-order valence-corrected chi connectivity index (χ1v) is 6.66. The highest BCUT2D eigenvalue weighted by molar-refractivity contribution is 5.57. The molecule has 18 heavy (non-hydrogen) atoms. The van der Waals surface area contributed by atoms with Crippen LogP contribution >= 0.6 is 0 Å². The maximum absolute atomic E-state index is 5.39. The second-order valence-electron chi connectivity index (χ2n) is 5.02. The van der Waals surface area contributed by atoms with Gasteiger partial charge in [0, 0.05) is 25.3 Å². The summed E-state index contributed by atoms with van der Waals surface area (Å²) in [4.78, 5) is 6.53. The van der Waals surface area contributed by atoms with E-state index in [0.717, 1.165) is 30.2 Å². The molecule has 1 fully saturated rings. The summed E-state index contributed by atoms with van der Waals surface area (Å²) in [6, 6.07) is 2.67. The molecule has 0 spiro atoms. The summed E-state index contributed by atoms with van der Waals surface area (Å²) in [5, 5.41) is 3.57. The van der Waals surface area contributed by atoms with Gasteiger partial charge in [-0.05, 0) is 32.4 Å². The number of ether oxygens (including phenoxy) is 1. The summed E-state index contributed by atoms with van der Waals surface area (Å²) in [5.41, 5.74) is 2.15. The van der Waals surface area contributed by atoms with E-state index in [2.05, 4.69) is 28.3 Å². The number of likely N-dealkylation sites (N-methyl/N-ethyl adjacent to an activating group) is 1. The Balaban J connectivity index is 2.07. The summed E-state index contributed by atoms with van der Waals surface area (Å²) in [6.07, 6.45) is 5.70. The Morgan fingerprint density at radius 1 is 1.50 bits per heavy atom. The summed E-state index contributed by atoms with van der Waals surface area (Å²) in [7, 11) is 3.82. The fraction of sp³-hybridized carbons (Fsp3) is 0.643. The minimum atomic E-state index is 0.585. The summed E-state index contributed by atoms with van der Waals surface area (Å²) in [6.45, 7) is 4.17. The molecule has 4 heteroatoms. The number of nitrogens with zero attached hydrogens (tertiary/aromatic N) is 2. The van der Waals surface area contributed by atoms with Gasteiger partial charge in [-0.15, -0.1) is 0 Å². The molecule has 1 aliphatic heterocycles. The Bertz CT molecular complexity index is 389. The molecule has 0 amide bonds. The molecule has 1 aromatic heterocycles. The molecule has 1 aliphatic rings. The molecule has 1 N–H and O–H groups in total. The van der Waals surface area contributed by atoms with Crippen molar-refractivity contribution in [3.63, 3.8) is 0 Å². The summed E-state index contributed by atoms with van der Waals surface area (Å²) < 4.78 is 5.39. The maximum Gasteiger partial charge on any atom is 0.160 e. The van der Waals surface area contributed by atoms with Gasteiger partial charge in [0.25, 0.3) is 0 Å². The highest BCUT2D eigenvalue weighted by atomic mass is 16.5. The van der Waals surface area contributed by atoms with E-state index < -0.39 is 0 Å². The number of rotatable bonds is 4. The number of aromatic nitrogens is 1. The molecule has 1 unspecified atom stereocenters. The van der Waals surface area contributed by atoms with Crippen LogP contribution in [-0.2, 0) is 0 Å². The third-order valence-electron chi connectivity index (χ3n) is 3.52. The highest BCUT2D eigenvalue weighted by Crippen LogP contribution is 2.27. The average molecular weight is 249 g/mol. The van der Waals surface area contributed by atoms with Gasteiger partial charge in [0.15, 0.2) is 5.75 Å². The number of methoxy groups -OCH3 is 1. The molecule has 2 rings (SSSR count). The Morgan fingerprint density at radius 3 is 3.00 bits per heavy atom. The van der Waals surface area contributed by atoms with Gasteiger partial charge in [0.05, 0.1) is 19.0 Å². The van der Waals surface area contributed by atoms with Gasteiger partial charge in [0.2, 0.25) is 0 Å². The van der Waals surface area contributed by atoms with Crippen LogP contribution in [0.4, 0.5) is 5.69 Å². The van der Waals surface area contributed by atoms with Crippen molar-refractivity contribution in [2.75, 3.05) is 32.1 Å². The van der Waals surface area contributed by atoms with Crippen LogP contribution in [0.15, 0.2) is 12.3 Å². The first-order chi connectivity index (χ1) is 8.70. The lowest BCUT2D eigenvalue weighted by Gasteiger charge is -2.30. The van der Waals surface area contributed by atoms with E-state index in [1.165, 1.54) is 19.3 Å². The van der Waals surface area contributed by atoms with Crippen molar-refractivity contribution in [3.8, 4) is 5.75 Å². The quantitative estimate of drug-likeness (QED) is 0.885. The van der Waals surface area contributed by atoms with Crippen LogP contribution in [0.5, 0.6) is 5.75 Å². The van der Waals surface area contributed by atoms with E-state index >= 15 is 0 Å². The molecule has 0 radical (unpaired) electrons. The van der Waals surface area contributed by atoms with Gasteiger partial charge >= 0.3 is 0 Å². The molecule has 4 nitrogen and oxygen atoms in total. The molecule has 0 bridgehead atoms. The Morgan fingerprint density at radius 2 is 2.33 bits per heavy atom. The standard InChI is InChI=1S/C14H23N3O/c1-11-8-13(14(18-3)9-16-11)17(2)10-12-6-4-5-7-15-12/h8-9,12,15H,4-7,10H2,1-3H3. The number of anilines is 1. The minimum absolute atomic E-state index is 0.585. The van der Waals surface area contributed by atoms with E-state index in [9.17, 15) is 0 Å². The maximum atomic E-state index is 5.39. The van der Waals surface area contributed by atoms with Gasteiger partial charge in [0.1, 0.15) is 0 Å². The van der Waals surface area contributed by atoms with E-state index in [-0.39, 0.29) is 0 Å². The first kappa shape index (κ1) is 13.1. The van der Waals surface area contributed by atoms with E-state index in [4.69, 9.17) is 4.74 Å². The van der Waals surface area contributed by atoms with Gasteiger partial charge in [-0.2, -0.15) is 0 Å². The molecule has 0 aliphatic carbocycles. The Kier molecular flexibility index (Phi) is 4.42. The number of nitrogens with one attached hydrogen (secondary N) is 1. The number of aryl methyl sites for hydroxylation is 1. The molecule has 0 aromatic carbocycles. The second kappa shape index (κ2) is 6.05. The third-order valence-corrected chi connectivity index (χ3v) is 3.52. The Labute approximate surface area is 109 Å². The lowest BCUT2D eigenvalue weighted by molar-refractivity contribution is 0.396. The lowest BCUT2D eigenvalue weighted by atomic mass is 10.0. The van der Waals surface area contributed by atoms with Crippen LogP contribution in [0.2, 0.25) is 0 Å². The van der Waals surface area contributed by atoms with Crippen molar-refractivity contribution >= 4 is 5.69 Å². The largest absolute Gasteiger partial charge is 0.493 e. The van der Waals surface area contributed by atoms with Crippen LogP contribution in [0, 0.1) is 6.92 Å². The summed E-state index contributed by atoms with van der Waals surface area (Å²) >= 11 is 0. The zero-order chi connectivity index (χ0) is 13.0. The van der Waals surface area contributed by atoms with E-state index in [1.54, 1.807) is 13.3 Å². The second-order valence-corrected chi connectivity index (χ2v) is 5.02. The van der Waals surface area contributed by atoms with Crippen LogP contribution in [0.25, 0.3) is 0 Å². The number of pyridine rings is 1. The molecule has 1 saturated heterocycles. The van der Waals surface area contributed by atoms with Crippen molar-refractivity contribution in [2.24, 2.45) is 0 Å². The monoisotopic (exact) mass is 249 g/mol. The molecule has 1 atom stereocenters. The molecular formula is C14H23N3O. The van der Waals surface area contributed by atoms with Crippen molar-refractivity contribution in [2.45, 2.75) is 32.2 Å². The van der Waals surface area contributed by atoms with Gasteiger partial charge < -0.3 is 15.0 Å². The average Bonchev–Trinajstić information content (AvgIpc) is 2.40. The topological polar surface area (TPSA) is 37.4 Å². The normalized spacial score (nSPS) is 19.6. The lowest BCUT2D eigenvalue weighted by Crippen LogP contribution is -2.42. The molecule has 100 valence electrons. The van der Waals surface area contributed by atoms with Crippen molar-refractivity contribution < 1.29 is 4.74 Å². The fourth-order valence-electron chi connectivity index (χ4n) is 2.50. The van der Waals surface area contributed by atoms with Crippen LogP contribution in [-0.4, -0.2) is 38.3 Å². The molecule has 2 heterocycles. The van der Waals surface area contributed by atoms with Gasteiger partial charge in [-0.1, -0.05) is 6.42 Å². The van der Waals surface area contributed by atoms with Crippen LogP contribution < -0.4 is 15.0 Å². The van der Waals surface area contributed by atoms with E-state index in [0.29, 0.717) is 6.04 Å². The zero-order valence-electron chi connectivity index (χ0n) is 11.6. The van der Waals surface area contributed by atoms with Gasteiger partial charge in [-0.25, -0.2) is 0 Å². The fourth-order valence-corrected chi connectivity index (χ4v) is 2.50. The van der Waals surface area contributed by atoms with Crippen molar-refractivity contribution in [1.29, 1.82) is 0 Å². The summed E-state index contributed by atoms with van der Waals surface area (Å²) in [5.74, 6) is 0.846. The molecule has 0 saturated carbocycles. The number of hydrogen-bond donors (Lipinski definition) is 1. The highest BCUT2D eigenvalue weighted by Gasteiger charge is 2.17. The SMILES string of the molecule is COc1cnc(C)cc1N(C)CC1CCCCN1. The van der Waals surface area contributed by atoms with Crippen molar-refractivity contribution in [1.82, 2.24) is 10.3 Å². The van der Waals surface area contributed by atoms with E-state index in [1.807, 2.05) is 6.92 Å². The first-order valence-electron chi connectivity index (χ1n) is 6.66.